The van der Waals surface area contributed by atoms with Crippen LogP contribution in [0.25, 0.3) is 6.08 Å². The van der Waals surface area contributed by atoms with Crippen LogP contribution in [0.5, 0.6) is 0 Å². The first kappa shape index (κ1) is 9.96. The Labute approximate surface area is 82.0 Å². The summed E-state index contributed by atoms with van der Waals surface area (Å²) in [5, 5.41) is 0.564. The van der Waals surface area contributed by atoms with E-state index in [1.165, 1.54) is 0 Å². The molecular formula is C10H10ClNO. The normalized spacial score (nSPS) is 10.6. The summed E-state index contributed by atoms with van der Waals surface area (Å²) in [4.78, 5) is 10.6. The molecule has 1 rings (SSSR count). The zero-order valence-corrected chi connectivity index (χ0v) is 7.79. The van der Waals surface area contributed by atoms with Crippen LogP contribution in [0.3, 0.4) is 0 Å². The van der Waals surface area contributed by atoms with E-state index >= 15 is 0 Å². The number of carbonyl (C=O) groups is 1. The number of aldehydes is 1. The molecule has 0 bridgehead atoms. The molecule has 0 heterocycles. The van der Waals surface area contributed by atoms with Crippen LogP contribution in [0.4, 0.5) is 0 Å². The molecule has 2 nitrogen and oxygen atoms in total. The molecule has 0 aliphatic carbocycles. The molecule has 13 heavy (non-hydrogen) atoms. The fourth-order valence-corrected chi connectivity index (χ4v) is 1.26. The van der Waals surface area contributed by atoms with Gasteiger partial charge in [0, 0.05) is 22.7 Å². The Kier molecular flexibility index (Phi) is 3.68. The number of hydrogen-bond donors (Lipinski definition) is 1. The molecule has 1 aromatic carbocycles. The van der Waals surface area contributed by atoms with Crippen LogP contribution in [-0.4, -0.2) is 12.8 Å². The molecule has 3 heteroatoms. The van der Waals surface area contributed by atoms with Gasteiger partial charge in [0.1, 0.15) is 0 Å². The van der Waals surface area contributed by atoms with E-state index in [0.717, 1.165) is 11.8 Å². The van der Waals surface area contributed by atoms with Crippen molar-refractivity contribution in [2.45, 2.75) is 0 Å². The Morgan fingerprint density at radius 2 is 2.23 bits per heavy atom. The van der Waals surface area contributed by atoms with Gasteiger partial charge in [0.05, 0.1) is 0 Å². The predicted molar refractivity (Wildman–Crippen MR) is 54.9 cm³/mol. The van der Waals surface area contributed by atoms with Crippen molar-refractivity contribution < 1.29 is 4.79 Å². The summed E-state index contributed by atoms with van der Waals surface area (Å²) < 4.78 is 0. The molecule has 0 aliphatic rings. The number of benzene rings is 1. The minimum absolute atomic E-state index is 0.434. The van der Waals surface area contributed by atoms with E-state index in [2.05, 4.69) is 0 Å². The highest BCUT2D eigenvalue weighted by molar-refractivity contribution is 6.32. The van der Waals surface area contributed by atoms with Crippen LogP contribution >= 0.6 is 11.6 Å². The van der Waals surface area contributed by atoms with Crippen molar-refractivity contribution in [2.75, 3.05) is 6.54 Å². The van der Waals surface area contributed by atoms with Crippen LogP contribution in [0.2, 0.25) is 5.02 Å². The first-order valence-electron chi connectivity index (χ1n) is 3.90. The smallest absolute Gasteiger partial charge is 0.150 e. The molecule has 0 radical (unpaired) electrons. The van der Waals surface area contributed by atoms with E-state index in [9.17, 15) is 4.79 Å². The van der Waals surface area contributed by atoms with E-state index < -0.39 is 0 Å². The number of halogens is 1. The molecule has 1 aromatic rings. The third-order valence-electron chi connectivity index (χ3n) is 1.63. The Bertz CT molecular complexity index is 334. The fraction of sp³-hybridized carbons (Fsp3) is 0.100. The third-order valence-corrected chi connectivity index (χ3v) is 1.96. The van der Waals surface area contributed by atoms with E-state index in [0.29, 0.717) is 17.1 Å². The minimum atomic E-state index is 0.434. The van der Waals surface area contributed by atoms with Crippen molar-refractivity contribution in [2.24, 2.45) is 5.73 Å². The molecule has 0 aromatic heterocycles. The van der Waals surface area contributed by atoms with Gasteiger partial charge in [-0.2, -0.15) is 0 Å². The molecule has 0 saturated carbocycles. The van der Waals surface area contributed by atoms with Gasteiger partial charge in [-0.05, 0) is 6.07 Å². The van der Waals surface area contributed by atoms with Crippen LogP contribution < -0.4 is 5.73 Å². The second-order valence-corrected chi connectivity index (χ2v) is 2.91. The molecule has 0 spiro atoms. The van der Waals surface area contributed by atoms with Crippen molar-refractivity contribution in [1.82, 2.24) is 0 Å². The SMILES string of the molecule is NCC=Cc1c(Cl)cccc1C=O. The molecule has 0 aliphatic heterocycles. The van der Waals surface area contributed by atoms with E-state index in [1.54, 1.807) is 30.4 Å². The summed E-state index contributed by atoms with van der Waals surface area (Å²) in [5.41, 5.74) is 6.61. The Morgan fingerprint density at radius 1 is 1.46 bits per heavy atom. The number of carbonyl (C=O) groups excluding carboxylic acids is 1. The van der Waals surface area contributed by atoms with Crippen molar-refractivity contribution in [3.05, 3.63) is 40.4 Å². The zero-order valence-electron chi connectivity index (χ0n) is 7.03. The molecule has 0 amide bonds. The van der Waals surface area contributed by atoms with Gasteiger partial charge >= 0.3 is 0 Å². The summed E-state index contributed by atoms with van der Waals surface area (Å²) in [7, 11) is 0. The van der Waals surface area contributed by atoms with E-state index in [1.807, 2.05) is 0 Å². The average Bonchev–Trinajstić information content (AvgIpc) is 2.15. The van der Waals surface area contributed by atoms with Crippen molar-refractivity contribution >= 4 is 24.0 Å². The van der Waals surface area contributed by atoms with Crippen molar-refractivity contribution in [1.29, 1.82) is 0 Å². The maximum Gasteiger partial charge on any atom is 0.150 e. The maximum atomic E-state index is 10.6. The number of hydrogen-bond acceptors (Lipinski definition) is 2. The van der Waals surface area contributed by atoms with Gasteiger partial charge in [-0.15, -0.1) is 0 Å². The summed E-state index contributed by atoms with van der Waals surface area (Å²) in [5.74, 6) is 0. The minimum Gasteiger partial charge on any atom is -0.327 e. The summed E-state index contributed by atoms with van der Waals surface area (Å²) in [6.07, 6.45) is 4.29. The zero-order chi connectivity index (χ0) is 9.68. The summed E-state index contributed by atoms with van der Waals surface area (Å²) >= 11 is 5.89. The van der Waals surface area contributed by atoms with E-state index in [4.69, 9.17) is 17.3 Å². The lowest BCUT2D eigenvalue weighted by atomic mass is 10.1. The lowest BCUT2D eigenvalue weighted by molar-refractivity contribution is 0.112. The third kappa shape index (κ3) is 2.41. The molecule has 0 unspecified atom stereocenters. The fourth-order valence-electron chi connectivity index (χ4n) is 1.02. The highest BCUT2D eigenvalue weighted by atomic mass is 35.5. The lowest BCUT2D eigenvalue weighted by Gasteiger charge is -2.00. The molecule has 0 fully saturated rings. The van der Waals surface area contributed by atoms with Gasteiger partial charge in [0.15, 0.2) is 6.29 Å². The van der Waals surface area contributed by atoms with Gasteiger partial charge in [-0.25, -0.2) is 0 Å². The first-order valence-corrected chi connectivity index (χ1v) is 4.27. The highest BCUT2D eigenvalue weighted by Gasteiger charge is 2.01. The summed E-state index contributed by atoms with van der Waals surface area (Å²) in [6.45, 7) is 0.434. The number of rotatable bonds is 3. The van der Waals surface area contributed by atoms with Crippen molar-refractivity contribution in [3.8, 4) is 0 Å². The monoisotopic (exact) mass is 195 g/mol. The Hall–Kier alpha value is -1.12. The molecule has 68 valence electrons. The van der Waals surface area contributed by atoms with Crippen molar-refractivity contribution in [3.63, 3.8) is 0 Å². The second kappa shape index (κ2) is 4.80. The van der Waals surface area contributed by atoms with E-state index in [-0.39, 0.29) is 0 Å². The Morgan fingerprint density at radius 3 is 2.85 bits per heavy atom. The molecule has 0 atom stereocenters. The molecular weight excluding hydrogens is 186 g/mol. The van der Waals surface area contributed by atoms with Gasteiger partial charge < -0.3 is 5.73 Å². The molecule has 0 saturated heterocycles. The van der Waals surface area contributed by atoms with Gasteiger partial charge in [-0.3, -0.25) is 4.79 Å². The van der Waals surface area contributed by atoms with Crippen LogP contribution in [0, 0.1) is 0 Å². The Balaban J connectivity index is 3.14. The lowest BCUT2D eigenvalue weighted by Crippen LogP contribution is -1.93. The van der Waals surface area contributed by atoms with Crippen LogP contribution in [0.1, 0.15) is 15.9 Å². The summed E-state index contributed by atoms with van der Waals surface area (Å²) in [6, 6.07) is 5.20. The van der Waals surface area contributed by atoms with Crippen LogP contribution in [0.15, 0.2) is 24.3 Å². The number of nitrogens with two attached hydrogens (primary N) is 1. The maximum absolute atomic E-state index is 10.6. The van der Waals surface area contributed by atoms with Gasteiger partial charge in [-0.1, -0.05) is 35.9 Å². The molecule has 2 N–H and O–H groups in total. The highest BCUT2D eigenvalue weighted by Crippen LogP contribution is 2.20. The first-order chi connectivity index (χ1) is 6.29. The average molecular weight is 196 g/mol. The van der Waals surface area contributed by atoms with Gasteiger partial charge in [0.2, 0.25) is 0 Å². The topological polar surface area (TPSA) is 43.1 Å². The van der Waals surface area contributed by atoms with Crippen LogP contribution in [-0.2, 0) is 0 Å². The van der Waals surface area contributed by atoms with Gasteiger partial charge in [0.25, 0.3) is 0 Å². The quantitative estimate of drug-likeness (QED) is 0.751. The standard InChI is InChI=1S/C10H10ClNO/c11-10-5-1-3-8(7-13)9(10)4-2-6-12/h1-5,7H,6,12H2. The predicted octanol–water partition coefficient (Wildman–Crippen LogP) is 2.12. The second-order valence-electron chi connectivity index (χ2n) is 2.50. The largest absolute Gasteiger partial charge is 0.327 e.